The summed E-state index contributed by atoms with van der Waals surface area (Å²) in [5.74, 6) is 0.780. The van der Waals surface area contributed by atoms with Gasteiger partial charge >= 0.3 is 0 Å². The van der Waals surface area contributed by atoms with E-state index in [-0.39, 0.29) is 0 Å². The molecule has 0 atom stereocenters. The second-order valence-electron chi connectivity index (χ2n) is 7.48. The zero-order valence-corrected chi connectivity index (χ0v) is 13.9. The van der Waals surface area contributed by atoms with Crippen LogP contribution in [0.25, 0.3) is 0 Å². The minimum atomic E-state index is 0.426. The molecule has 2 fully saturated rings. The van der Waals surface area contributed by atoms with Crippen molar-refractivity contribution in [3.8, 4) is 0 Å². The van der Waals surface area contributed by atoms with Gasteiger partial charge in [-0.3, -0.25) is 0 Å². The van der Waals surface area contributed by atoms with Gasteiger partial charge in [0.2, 0.25) is 0 Å². The van der Waals surface area contributed by atoms with Crippen molar-refractivity contribution in [2.24, 2.45) is 0 Å². The molecule has 0 saturated heterocycles. The Hall–Kier alpha value is -0.860. The van der Waals surface area contributed by atoms with Crippen LogP contribution in [-0.2, 0) is 0 Å². The van der Waals surface area contributed by atoms with Gasteiger partial charge in [0.25, 0.3) is 0 Å². The fraction of sp³-hybridized carbons (Fsp3) is 0.684. The predicted molar refractivity (Wildman–Crippen MR) is 89.8 cm³/mol. The highest BCUT2D eigenvalue weighted by Gasteiger charge is 2.38. The molecule has 2 nitrogen and oxygen atoms in total. The second kappa shape index (κ2) is 6.10. The van der Waals surface area contributed by atoms with Crippen molar-refractivity contribution in [3.05, 3.63) is 35.4 Å². The highest BCUT2D eigenvalue weighted by atomic mass is 15.2. The van der Waals surface area contributed by atoms with E-state index in [9.17, 15) is 0 Å². The minimum absolute atomic E-state index is 0.426. The predicted octanol–water partition coefficient (Wildman–Crippen LogP) is 3.71. The lowest BCUT2D eigenvalue weighted by Gasteiger charge is -2.42. The molecule has 21 heavy (non-hydrogen) atoms. The van der Waals surface area contributed by atoms with E-state index in [1.807, 2.05) is 0 Å². The number of hydrogen-bond acceptors (Lipinski definition) is 2. The molecule has 0 radical (unpaired) electrons. The Morgan fingerprint density at radius 2 is 1.71 bits per heavy atom. The number of rotatable bonds is 5. The largest absolute Gasteiger partial charge is 0.312 e. The third-order valence-corrected chi connectivity index (χ3v) is 5.89. The van der Waals surface area contributed by atoms with Crippen LogP contribution in [-0.4, -0.2) is 37.1 Å². The maximum absolute atomic E-state index is 3.85. The van der Waals surface area contributed by atoms with Gasteiger partial charge in [-0.2, -0.15) is 0 Å². The monoisotopic (exact) mass is 286 g/mol. The summed E-state index contributed by atoms with van der Waals surface area (Å²) in [6, 6.07) is 9.85. The molecule has 1 aromatic rings. The first-order valence-corrected chi connectivity index (χ1v) is 8.56. The van der Waals surface area contributed by atoms with Crippen molar-refractivity contribution >= 4 is 0 Å². The van der Waals surface area contributed by atoms with Gasteiger partial charge in [0.05, 0.1) is 0 Å². The Morgan fingerprint density at radius 3 is 2.29 bits per heavy atom. The first-order valence-electron chi connectivity index (χ1n) is 8.56. The molecule has 1 aromatic carbocycles. The molecule has 0 bridgehead atoms. The van der Waals surface area contributed by atoms with E-state index in [1.54, 1.807) is 0 Å². The number of hydrogen-bond donors (Lipinski definition) is 1. The molecule has 2 saturated carbocycles. The highest BCUT2D eigenvalue weighted by molar-refractivity contribution is 5.26. The fourth-order valence-corrected chi connectivity index (χ4v) is 4.04. The number of likely N-dealkylation sites (N-methyl/N-ethyl adjacent to an activating group) is 1. The summed E-state index contributed by atoms with van der Waals surface area (Å²) in [4.78, 5) is 2.46. The van der Waals surface area contributed by atoms with Gasteiger partial charge in [0.1, 0.15) is 0 Å². The molecular formula is C19H30N2. The molecule has 0 spiro atoms. The molecule has 0 unspecified atom stereocenters. The van der Waals surface area contributed by atoms with E-state index in [4.69, 9.17) is 0 Å². The van der Waals surface area contributed by atoms with Gasteiger partial charge in [-0.1, -0.05) is 42.7 Å². The molecular weight excluding hydrogens is 256 g/mol. The summed E-state index contributed by atoms with van der Waals surface area (Å²) in [5, 5.41) is 3.85. The lowest BCUT2D eigenvalue weighted by molar-refractivity contribution is 0.138. The third-order valence-electron chi connectivity index (χ3n) is 5.89. The van der Waals surface area contributed by atoms with Crippen LogP contribution in [0, 0.1) is 6.92 Å². The first kappa shape index (κ1) is 15.1. The standard InChI is InChI=1S/C19H30N2/c1-15-6-8-16(9-7-15)17-12-18(13-17)20-14-19(21(2)3)10-4-5-11-19/h6-9,17-18,20H,4-5,10-14H2,1-3H3. The van der Waals surface area contributed by atoms with Crippen LogP contribution < -0.4 is 5.32 Å². The van der Waals surface area contributed by atoms with Crippen LogP contribution >= 0.6 is 0 Å². The van der Waals surface area contributed by atoms with Crippen LogP contribution in [0.2, 0.25) is 0 Å². The number of benzene rings is 1. The smallest absolute Gasteiger partial charge is 0.0327 e. The van der Waals surface area contributed by atoms with Crippen molar-refractivity contribution in [3.63, 3.8) is 0 Å². The molecule has 1 N–H and O–H groups in total. The maximum Gasteiger partial charge on any atom is 0.0327 e. The van der Waals surface area contributed by atoms with E-state index in [2.05, 4.69) is 55.5 Å². The lowest BCUT2D eigenvalue weighted by Crippen LogP contribution is -2.53. The Kier molecular flexibility index (Phi) is 4.37. The molecule has 0 aromatic heterocycles. The third kappa shape index (κ3) is 3.17. The van der Waals surface area contributed by atoms with Crippen LogP contribution in [0.3, 0.4) is 0 Å². The van der Waals surface area contributed by atoms with E-state index < -0.39 is 0 Å². The van der Waals surface area contributed by atoms with Crippen molar-refractivity contribution in [2.75, 3.05) is 20.6 Å². The van der Waals surface area contributed by atoms with E-state index >= 15 is 0 Å². The van der Waals surface area contributed by atoms with Crippen LogP contribution in [0.1, 0.15) is 55.6 Å². The van der Waals surface area contributed by atoms with Crippen LogP contribution in [0.15, 0.2) is 24.3 Å². The molecule has 0 heterocycles. The van der Waals surface area contributed by atoms with Gasteiger partial charge < -0.3 is 10.2 Å². The molecule has 0 aliphatic heterocycles. The molecule has 0 amide bonds. The Morgan fingerprint density at radius 1 is 1.10 bits per heavy atom. The summed E-state index contributed by atoms with van der Waals surface area (Å²) in [5.41, 5.74) is 3.32. The molecule has 2 heteroatoms. The van der Waals surface area contributed by atoms with E-state index in [0.29, 0.717) is 5.54 Å². The van der Waals surface area contributed by atoms with E-state index in [1.165, 1.54) is 56.2 Å². The first-order chi connectivity index (χ1) is 10.1. The topological polar surface area (TPSA) is 15.3 Å². The van der Waals surface area contributed by atoms with Gasteiger partial charge in [0.15, 0.2) is 0 Å². The normalized spacial score (nSPS) is 27.8. The maximum atomic E-state index is 3.85. The van der Waals surface area contributed by atoms with Crippen molar-refractivity contribution in [2.45, 2.75) is 62.9 Å². The second-order valence-corrected chi connectivity index (χ2v) is 7.48. The zero-order chi connectivity index (χ0) is 14.9. The minimum Gasteiger partial charge on any atom is -0.312 e. The SMILES string of the molecule is Cc1ccc(C2CC(NCC3(N(C)C)CCCC3)C2)cc1. The van der Waals surface area contributed by atoms with Crippen LogP contribution in [0.5, 0.6) is 0 Å². The summed E-state index contributed by atoms with van der Waals surface area (Å²) in [7, 11) is 4.51. The quantitative estimate of drug-likeness (QED) is 0.888. The highest BCUT2D eigenvalue weighted by Crippen LogP contribution is 2.38. The summed E-state index contributed by atoms with van der Waals surface area (Å²) < 4.78 is 0. The Bertz CT molecular complexity index is 451. The summed E-state index contributed by atoms with van der Waals surface area (Å²) in [6.07, 6.45) is 8.15. The van der Waals surface area contributed by atoms with Gasteiger partial charge in [-0.05, 0) is 58.2 Å². The van der Waals surface area contributed by atoms with Crippen molar-refractivity contribution in [1.82, 2.24) is 10.2 Å². The number of nitrogens with one attached hydrogen (secondary N) is 1. The Labute approximate surface area is 129 Å². The Balaban J connectivity index is 1.47. The summed E-state index contributed by atoms with van der Waals surface area (Å²) in [6.45, 7) is 3.34. The lowest BCUT2D eigenvalue weighted by atomic mass is 9.75. The van der Waals surface area contributed by atoms with E-state index in [0.717, 1.165) is 12.0 Å². The molecule has 2 aliphatic carbocycles. The molecule has 3 rings (SSSR count). The van der Waals surface area contributed by atoms with Crippen molar-refractivity contribution < 1.29 is 0 Å². The average Bonchev–Trinajstić information content (AvgIpc) is 2.89. The average molecular weight is 286 g/mol. The molecule has 2 aliphatic rings. The zero-order valence-electron chi connectivity index (χ0n) is 13.9. The van der Waals surface area contributed by atoms with Gasteiger partial charge in [0, 0.05) is 18.1 Å². The number of nitrogens with zero attached hydrogens (tertiary/aromatic N) is 1. The van der Waals surface area contributed by atoms with Crippen molar-refractivity contribution in [1.29, 1.82) is 0 Å². The summed E-state index contributed by atoms with van der Waals surface area (Å²) >= 11 is 0. The van der Waals surface area contributed by atoms with Gasteiger partial charge in [-0.15, -0.1) is 0 Å². The molecule has 116 valence electrons. The fourth-order valence-electron chi connectivity index (χ4n) is 4.04. The van der Waals surface area contributed by atoms with Gasteiger partial charge in [-0.25, -0.2) is 0 Å². The number of aryl methyl sites for hydroxylation is 1. The van der Waals surface area contributed by atoms with Crippen LogP contribution in [0.4, 0.5) is 0 Å².